The topological polar surface area (TPSA) is 12.9 Å². The zero-order chi connectivity index (χ0) is 12.3. The van der Waals surface area contributed by atoms with Crippen molar-refractivity contribution in [2.45, 2.75) is 27.2 Å². The normalized spacial score (nSPS) is 10.8. The van der Waals surface area contributed by atoms with E-state index in [-0.39, 0.29) is 0 Å². The summed E-state index contributed by atoms with van der Waals surface area (Å²) in [6.07, 6.45) is 3.02. The Bertz CT molecular complexity index is 483. The molecule has 1 aromatic carbocycles. The monoisotopic (exact) mass is 225 g/mol. The van der Waals surface area contributed by atoms with Crippen LogP contribution in [-0.2, 0) is 6.42 Å². The quantitative estimate of drug-likeness (QED) is 0.760. The van der Waals surface area contributed by atoms with Crippen LogP contribution in [0.4, 0.5) is 0 Å². The zero-order valence-electron chi connectivity index (χ0n) is 10.8. The van der Waals surface area contributed by atoms with Crippen LogP contribution in [0, 0.1) is 12.8 Å². The van der Waals surface area contributed by atoms with E-state index in [1.165, 1.54) is 16.7 Å². The van der Waals surface area contributed by atoms with Gasteiger partial charge in [0.1, 0.15) is 0 Å². The molecule has 0 aliphatic carbocycles. The third kappa shape index (κ3) is 3.16. The summed E-state index contributed by atoms with van der Waals surface area (Å²) in [5.74, 6) is 0.684. The Balaban J connectivity index is 2.29. The van der Waals surface area contributed by atoms with Gasteiger partial charge in [-0.2, -0.15) is 0 Å². The minimum atomic E-state index is 0.684. The van der Waals surface area contributed by atoms with Crippen LogP contribution in [-0.4, -0.2) is 4.98 Å². The molecule has 1 heteroatoms. The number of nitrogens with zero attached hydrogens (tertiary/aromatic N) is 1. The number of benzene rings is 1. The van der Waals surface area contributed by atoms with Crippen LogP contribution in [0.25, 0.3) is 11.3 Å². The fraction of sp³-hybridized carbons (Fsp3) is 0.312. The van der Waals surface area contributed by atoms with Gasteiger partial charge in [0.15, 0.2) is 0 Å². The Kier molecular flexibility index (Phi) is 3.58. The maximum atomic E-state index is 4.45. The summed E-state index contributed by atoms with van der Waals surface area (Å²) in [7, 11) is 0. The van der Waals surface area contributed by atoms with Gasteiger partial charge in [-0.25, -0.2) is 0 Å². The summed E-state index contributed by atoms with van der Waals surface area (Å²) >= 11 is 0. The molecule has 0 amide bonds. The second kappa shape index (κ2) is 5.13. The number of hydrogen-bond donors (Lipinski definition) is 0. The highest BCUT2D eigenvalue weighted by Crippen LogP contribution is 2.19. The molecule has 0 aliphatic rings. The molecule has 88 valence electrons. The minimum absolute atomic E-state index is 0.684. The molecule has 0 aliphatic heterocycles. The molecule has 0 fully saturated rings. The van der Waals surface area contributed by atoms with Crippen molar-refractivity contribution in [1.82, 2.24) is 4.98 Å². The largest absolute Gasteiger partial charge is 0.256 e. The highest BCUT2D eigenvalue weighted by Gasteiger charge is 2.02. The molecule has 0 atom stereocenters. The third-order valence-corrected chi connectivity index (χ3v) is 2.82. The predicted octanol–water partition coefficient (Wildman–Crippen LogP) is 4.26. The van der Waals surface area contributed by atoms with Crippen LogP contribution in [0.3, 0.4) is 0 Å². The van der Waals surface area contributed by atoms with Crippen LogP contribution in [0.1, 0.15) is 25.0 Å². The number of aryl methyl sites for hydroxylation is 1. The number of hydrogen-bond acceptors (Lipinski definition) is 1. The average molecular weight is 225 g/mol. The third-order valence-electron chi connectivity index (χ3n) is 2.82. The lowest BCUT2D eigenvalue weighted by Crippen LogP contribution is -1.95. The molecule has 0 bridgehead atoms. The van der Waals surface area contributed by atoms with Crippen molar-refractivity contribution in [2.75, 3.05) is 0 Å². The molecule has 2 aromatic rings. The molecule has 0 spiro atoms. The van der Waals surface area contributed by atoms with E-state index in [9.17, 15) is 0 Å². The van der Waals surface area contributed by atoms with Crippen molar-refractivity contribution >= 4 is 0 Å². The Morgan fingerprint density at radius 1 is 1.06 bits per heavy atom. The zero-order valence-corrected chi connectivity index (χ0v) is 10.8. The number of aromatic nitrogens is 1. The SMILES string of the molecule is Cc1ccc(-c2cc(CC(C)C)ccn2)cc1. The molecule has 0 unspecified atom stereocenters. The highest BCUT2D eigenvalue weighted by molar-refractivity contribution is 5.59. The van der Waals surface area contributed by atoms with Crippen LogP contribution in [0.5, 0.6) is 0 Å². The van der Waals surface area contributed by atoms with E-state index >= 15 is 0 Å². The van der Waals surface area contributed by atoms with E-state index in [4.69, 9.17) is 0 Å². The van der Waals surface area contributed by atoms with E-state index in [1.54, 1.807) is 0 Å². The van der Waals surface area contributed by atoms with Crippen molar-refractivity contribution in [2.24, 2.45) is 5.92 Å². The predicted molar refractivity (Wildman–Crippen MR) is 73.0 cm³/mol. The van der Waals surface area contributed by atoms with Gasteiger partial charge in [0.05, 0.1) is 5.69 Å². The second-order valence-corrected chi connectivity index (χ2v) is 5.01. The maximum Gasteiger partial charge on any atom is 0.0704 e. The van der Waals surface area contributed by atoms with Gasteiger partial charge in [-0.05, 0) is 37.0 Å². The fourth-order valence-corrected chi connectivity index (χ4v) is 1.95. The van der Waals surface area contributed by atoms with Gasteiger partial charge in [0.25, 0.3) is 0 Å². The first-order valence-corrected chi connectivity index (χ1v) is 6.17. The lowest BCUT2D eigenvalue weighted by molar-refractivity contribution is 0.647. The Morgan fingerprint density at radius 3 is 2.41 bits per heavy atom. The molecular formula is C16H19N. The van der Waals surface area contributed by atoms with Crippen LogP contribution in [0.15, 0.2) is 42.6 Å². The number of pyridine rings is 1. The molecular weight excluding hydrogens is 206 g/mol. The smallest absolute Gasteiger partial charge is 0.0704 e. The summed E-state index contributed by atoms with van der Waals surface area (Å²) in [6.45, 7) is 6.59. The van der Waals surface area contributed by atoms with Crippen LogP contribution < -0.4 is 0 Å². The highest BCUT2D eigenvalue weighted by atomic mass is 14.7. The lowest BCUT2D eigenvalue weighted by atomic mass is 10.0. The fourth-order valence-electron chi connectivity index (χ4n) is 1.95. The first-order valence-electron chi connectivity index (χ1n) is 6.17. The van der Waals surface area contributed by atoms with Gasteiger partial charge in [0, 0.05) is 11.8 Å². The van der Waals surface area contributed by atoms with Gasteiger partial charge in [-0.3, -0.25) is 4.98 Å². The first kappa shape index (κ1) is 11.8. The summed E-state index contributed by atoms with van der Waals surface area (Å²) in [4.78, 5) is 4.45. The van der Waals surface area contributed by atoms with E-state index in [0.29, 0.717) is 5.92 Å². The van der Waals surface area contributed by atoms with E-state index in [2.05, 4.69) is 62.2 Å². The molecule has 17 heavy (non-hydrogen) atoms. The van der Waals surface area contributed by atoms with Gasteiger partial charge in [-0.15, -0.1) is 0 Å². The van der Waals surface area contributed by atoms with E-state index in [1.807, 2.05) is 6.20 Å². The van der Waals surface area contributed by atoms with Crippen molar-refractivity contribution in [3.05, 3.63) is 53.7 Å². The molecule has 1 nitrogen and oxygen atoms in total. The molecule has 2 rings (SSSR count). The molecule has 0 radical (unpaired) electrons. The van der Waals surface area contributed by atoms with Crippen molar-refractivity contribution < 1.29 is 0 Å². The number of rotatable bonds is 3. The Morgan fingerprint density at radius 2 is 1.76 bits per heavy atom. The summed E-state index contributed by atoms with van der Waals surface area (Å²) < 4.78 is 0. The van der Waals surface area contributed by atoms with Crippen molar-refractivity contribution in [3.63, 3.8) is 0 Å². The standard InChI is InChI=1S/C16H19N/c1-12(2)10-14-8-9-17-16(11-14)15-6-4-13(3)5-7-15/h4-9,11-12H,10H2,1-3H3. The van der Waals surface area contributed by atoms with E-state index < -0.39 is 0 Å². The molecule has 0 N–H and O–H groups in total. The Hall–Kier alpha value is -1.63. The van der Waals surface area contributed by atoms with Gasteiger partial charge in [0.2, 0.25) is 0 Å². The summed E-state index contributed by atoms with van der Waals surface area (Å²) in [6, 6.07) is 12.8. The van der Waals surface area contributed by atoms with Crippen molar-refractivity contribution in [3.8, 4) is 11.3 Å². The molecule has 0 saturated carbocycles. The van der Waals surface area contributed by atoms with Crippen LogP contribution in [0.2, 0.25) is 0 Å². The second-order valence-electron chi connectivity index (χ2n) is 5.01. The van der Waals surface area contributed by atoms with Gasteiger partial charge < -0.3 is 0 Å². The van der Waals surface area contributed by atoms with Gasteiger partial charge in [-0.1, -0.05) is 43.7 Å². The Labute approximate surface area is 104 Å². The van der Waals surface area contributed by atoms with Crippen molar-refractivity contribution in [1.29, 1.82) is 0 Å². The summed E-state index contributed by atoms with van der Waals surface area (Å²) in [5, 5.41) is 0. The molecule has 1 heterocycles. The molecule has 0 saturated heterocycles. The van der Waals surface area contributed by atoms with Crippen LogP contribution >= 0.6 is 0 Å². The minimum Gasteiger partial charge on any atom is -0.256 e. The summed E-state index contributed by atoms with van der Waals surface area (Å²) in [5.41, 5.74) is 4.92. The lowest BCUT2D eigenvalue weighted by Gasteiger charge is -2.07. The molecule has 1 aromatic heterocycles. The van der Waals surface area contributed by atoms with E-state index in [0.717, 1.165) is 12.1 Å². The average Bonchev–Trinajstić information content (AvgIpc) is 2.29. The maximum absolute atomic E-state index is 4.45. The first-order chi connectivity index (χ1) is 8.15. The van der Waals surface area contributed by atoms with Gasteiger partial charge >= 0.3 is 0 Å².